The van der Waals surface area contributed by atoms with E-state index >= 15 is 0 Å². The highest BCUT2D eigenvalue weighted by molar-refractivity contribution is 5.99. The molecule has 1 aromatic carbocycles. The van der Waals surface area contributed by atoms with Crippen molar-refractivity contribution in [2.75, 3.05) is 26.7 Å². The Bertz CT molecular complexity index is 758. The van der Waals surface area contributed by atoms with Gasteiger partial charge in [0.25, 0.3) is 5.91 Å². The largest absolute Gasteiger partial charge is 0.496 e. The lowest BCUT2D eigenvalue weighted by Crippen LogP contribution is -2.32. The first-order chi connectivity index (χ1) is 12.6. The SMILES string of the molecule is CCCN1CCCCCC[C@@H](n2nnc3cc(C(N)=O)c(OC)cc32)C1. The Balaban J connectivity index is 1.97. The second kappa shape index (κ2) is 8.49. The van der Waals surface area contributed by atoms with Gasteiger partial charge in [-0.15, -0.1) is 5.10 Å². The Hall–Kier alpha value is -2.15. The van der Waals surface area contributed by atoms with Crippen molar-refractivity contribution in [3.8, 4) is 5.75 Å². The number of hydrogen-bond acceptors (Lipinski definition) is 5. The number of carbonyl (C=O) groups is 1. The molecule has 0 saturated carbocycles. The van der Waals surface area contributed by atoms with Crippen molar-refractivity contribution >= 4 is 16.9 Å². The van der Waals surface area contributed by atoms with Crippen molar-refractivity contribution in [2.24, 2.45) is 5.73 Å². The number of primary amides is 1. The second-order valence-corrected chi connectivity index (χ2v) is 7.10. The molecule has 0 aliphatic carbocycles. The zero-order valence-corrected chi connectivity index (χ0v) is 15.8. The van der Waals surface area contributed by atoms with Gasteiger partial charge in [0, 0.05) is 12.6 Å². The average molecular weight is 359 g/mol. The van der Waals surface area contributed by atoms with Gasteiger partial charge < -0.3 is 15.4 Å². The monoisotopic (exact) mass is 359 g/mol. The lowest BCUT2D eigenvalue weighted by molar-refractivity contribution is 0.0997. The van der Waals surface area contributed by atoms with E-state index in [1.807, 2.05) is 10.7 Å². The summed E-state index contributed by atoms with van der Waals surface area (Å²) in [5.41, 5.74) is 7.38. The van der Waals surface area contributed by atoms with Crippen LogP contribution in [0.15, 0.2) is 12.1 Å². The summed E-state index contributed by atoms with van der Waals surface area (Å²) >= 11 is 0. The van der Waals surface area contributed by atoms with Crippen molar-refractivity contribution < 1.29 is 9.53 Å². The molecule has 0 spiro atoms. The predicted octanol–water partition coefficient (Wildman–Crippen LogP) is 2.76. The van der Waals surface area contributed by atoms with Crippen molar-refractivity contribution in [3.63, 3.8) is 0 Å². The van der Waals surface area contributed by atoms with Crippen LogP contribution >= 0.6 is 0 Å². The third kappa shape index (κ3) is 3.98. The summed E-state index contributed by atoms with van der Waals surface area (Å²) in [5, 5.41) is 8.72. The fourth-order valence-corrected chi connectivity index (χ4v) is 3.87. The molecule has 3 rings (SSSR count). The normalized spacial score (nSPS) is 19.7. The number of nitrogens with zero attached hydrogens (tertiary/aromatic N) is 4. The van der Waals surface area contributed by atoms with Crippen molar-refractivity contribution in [2.45, 2.75) is 51.5 Å². The van der Waals surface area contributed by atoms with Gasteiger partial charge in [-0.05, 0) is 38.4 Å². The first-order valence-corrected chi connectivity index (χ1v) is 9.59. The highest BCUT2D eigenvalue weighted by atomic mass is 16.5. The van der Waals surface area contributed by atoms with Crippen molar-refractivity contribution in [1.82, 2.24) is 19.9 Å². The summed E-state index contributed by atoms with van der Waals surface area (Å²) in [6, 6.07) is 3.79. The summed E-state index contributed by atoms with van der Waals surface area (Å²) < 4.78 is 7.38. The molecule has 7 heteroatoms. The molecule has 2 N–H and O–H groups in total. The molecule has 142 valence electrons. The molecule has 7 nitrogen and oxygen atoms in total. The molecule has 0 radical (unpaired) electrons. The lowest BCUT2D eigenvalue weighted by Gasteiger charge is -2.26. The Morgan fingerprint density at radius 1 is 1.31 bits per heavy atom. The highest BCUT2D eigenvalue weighted by Crippen LogP contribution is 2.28. The fraction of sp³-hybridized carbons (Fsp3) is 0.632. The number of amides is 1. The van der Waals surface area contributed by atoms with Gasteiger partial charge in [-0.1, -0.05) is 31.4 Å². The van der Waals surface area contributed by atoms with Crippen LogP contribution in [0.5, 0.6) is 5.75 Å². The zero-order chi connectivity index (χ0) is 18.5. The molecule has 0 bridgehead atoms. The first-order valence-electron chi connectivity index (χ1n) is 9.59. The third-order valence-corrected chi connectivity index (χ3v) is 5.17. The molecule has 1 amide bonds. The number of rotatable bonds is 5. The van der Waals surface area contributed by atoms with E-state index in [4.69, 9.17) is 10.5 Å². The molecule has 26 heavy (non-hydrogen) atoms. The van der Waals surface area contributed by atoms with E-state index in [1.165, 1.54) is 25.7 Å². The van der Waals surface area contributed by atoms with Crippen LogP contribution < -0.4 is 10.5 Å². The number of hydrogen-bond donors (Lipinski definition) is 1. The molecule has 1 atom stereocenters. The van der Waals surface area contributed by atoms with Crippen molar-refractivity contribution in [3.05, 3.63) is 17.7 Å². The molecule has 1 saturated heterocycles. The minimum atomic E-state index is -0.519. The molecule has 1 aromatic heterocycles. The molecule has 1 aliphatic rings. The Morgan fingerprint density at radius 2 is 2.12 bits per heavy atom. The van der Waals surface area contributed by atoms with E-state index in [1.54, 1.807) is 13.2 Å². The Kier molecular flexibility index (Phi) is 6.08. The van der Waals surface area contributed by atoms with E-state index < -0.39 is 5.91 Å². The van der Waals surface area contributed by atoms with Crippen molar-refractivity contribution in [1.29, 1.82) is 0 Å². The molecule has 1 fully saturated rings. The van der Waals surface area contributed by atoms with Crippen LogP contribution in [0.4, 0.5) is 0 Å². The summed E-state index contributed by atoms with van der Waals surface area (Å²) in [7, 11) is 1.55. The van der Waals surface area contributed by atoms with Gasteiger partial charge in [-0.25, -0.2) is 4.68 Å². The molecule has 2 heterocycles. The summed E-state index contributed by atoms with van der Waals surface area (Å²) in [4.78, 5) is 14.2. The predicted molar refractivity (Wildman–Crippen MR) is 101 cm³/mol. The van der Waals surface area contributed by atoms with E-state index in [-0.39, 0.29) is 6.04 Å². The van der Waals surface area contributed by atoms with Crippen LogP contribution in [0.1, 0.15) is 61.8 Å². The summed E-state index contributed by atoms with van der Waals surface area (Å²) in [6.45, 7) is 5.46. The third-order valence-electron chi connectivity index (χ3n) is 5.17. The molecule has 0 unspecified atom stereocenters. The van der Waals surface area contributed by atoms with Gasteiger partial charge in [0.05, 0.1) is 24.2 Å². The van der Waals surface area contributed by atoms with E-state index in [0.717, 1.165) is 38.0 Å². The van der Waals surface area contributed by atoms with E-state index in [0.29, 0.717) is 16.8 Å². The van der Waals surface area contributed by atoms with Crippen LogP contribution in [0.3, 0.4) is 0 Å². The number of carbonyl (C=O) groups excluding carboxylic acids is 1. The summed E-state index contributed by atoms with van der Waals surface area (Å²) in [6.07, 6.45) is 7.25. The van der Waals surface area contributed by atoms with Gasteiger partial charge in [0.1, 0.15) is 11.3 Å². The van der Waals surface area contributed by atoms with Gasteiger partial charge >= 0.3 is 0 Å². The zero-order valence-electron chi connectivity index (χ0n) is 15.8. The van der Waals surface area contributed by atoms with E-state index in [9.17, 15) is 4.79 Å². The van der Waals surface area contributed by atoms with Gasteiger partial charge in [0.2, 0.25) is 0 Å². The standard InChI is InChI=1S/C19H29N5O2/c1-3-9-23-10-7-5-4-6-8-14(13-23)24-17-12-18(26-2)15(19(20)25)11-16(17)21-22-24/h11-12,14H,3-10,13H2,1-2H3,(H2,20,25)/t14-/m1/s1. The molecule has 1 aliphatic heterocycles. The highest BCUT2D eigenvalue weighted by Gasteiger charge is 2.22. The number of methoxy groups -OCH3 is 1. The minimum absolute atomic E-state index is 0.272. The van der Waals surface area contributed by atoms with Gasteiger partial charge in [-0.3, -0.25) is 4.79 Å². The number of ether oxygens (including phenoxy) is 1. The Morgan fingerprint density at radius 3 is 2.85 bits per heavy atom. The molecular formula is C19H29N5O2. The summed E-state index contributed by atoms with van der Waals surface area (Å²) in [5.74, 6) is -0.0445. The van der Waals surface area contributed by atoms with Gasteiger partial charge in [-0.2, -0.15) is 0 Å². The van der Waals surface area contributed by atoms with Crippen LogP contribution in [0.25, 0.3) is 11.0 Å². The molecular weight excluding hydrogens is 330 g/mol. The van der Waals surface area contributed by atoms with E-state index in [2.05, 4.69) is 22.1 Å². The fourth-order valence-electron chi connectivity index (χ4n) is 3.87. The maximum absolute atomic E-state index is 11.7. The van der Waals surface area contributed by atoms with Crippen LogP contribution in [-0.4, -0.2) is 52.5 Å². The maximum Gasteiger partial charge on any atom is 0.252 e. The topological polar surface area (TPSA) is 86.3 Å². The minimum Gasteiger partial charge on any atom is -0.496 e. The van der Waals surface area contributed by atoms with Gasteiger partial charge in [0.15, 0.2) is 0 Å². The average Bonchev–Trinajstić information content (AvgIpc) is 3.08. The maximum atomic E-state index is 11.7. The number of aromatic nitrogens is 3. The number of nitrogens with two attached hydrogens (primary N) is 1. The van der Waals surface area contributed by atoms with Crippen LogP contribution in [0, 0.1) is 0 Å². The number of benzene rings is 1. The second-order valence-electron chi connectivity index (χ2n) is 7.10. The quantitative estimate of drug-likeness (QED) is 0.887. The smallest absolute Gasteiger partial charge is 0.252 e. The number of fused-ring (bicyclic) bond motifs is 1. The van der Waals surface area contributed by atoms with Crippen LogP contribution in [-0.2, 0) is 0 Å². The first kappa shape index (κ1) is 18.6. The Labute approximate surface area is 154 Å². The lowest BCUT2D eigenvalue weighted by atomic mass is 10.1. The van der Waals surface area contributed by atoms with Crippen LogP contribution in [0.2, 0.25) is 0 Å². The molecule has 2 aromatic rings.